The molecule has 0 heterocycles. The average molecular weight is 1040 g/mol. The van der Waals surface area contributed by atoms with Gasteiger partial charge in [-0.15, -0.1) is 0 Å². The van der Waals surface area contributed by atoms with Gasteiger partial charge in [0.15, 0.2) is 6.10 Å². The molecule has 1 aliphatic carbocycles. The van der Waals surface area contributed by atoms with E-state index in [9.17, 15) is 72.3 Å². The highest BCUT2D eigenvalue weighted by Gasteiger charge is 2.59. The number of ether oxygens (including phenoxy) is 2. The van der Waals surface area contributed by atoms with E-state index in [1.165, 1.54) is 64.2 Å². The second kappa shape index (κ2) is 34.1. The van der Waals surface area contributed by atoms with Crippen LogP contribution in [0.15, 0.2) is 0 Å². The Kier molecular flexibility index (Phi) is 32.8. The number of hydrogen-bond donors (Lipinski definition) is 10. The highest BCUT2D eigenvalue weighted by atomic mass is 32.1. The largest absolute Gasteiger partial charge is 0.472 e. The summed E-state index contributed by atoms with van der Waals surface area (Å²) in [5.74, 6) is -0.514. The van der Waals surface area contributed by atoms with E-state index >= 15 is 0 Å². The van der Waals surface area contributed by atoms with E-state index in [-0.39, 0.29) is 12.8 Å². The van der Waals surface area contributed by atoms with Crippen molar-refractivity contribution in [2.45, 2.75) is 210 Å². The van der Waals surface area contributed by atoms with Crippen LogP contribution in [-0.2, 0) is 59.9 Å². The third kappa shape index (κ3) is 32.2. The van der Waals surface area contributed by atoms with E-state index in [0.29, 0.717) is 12.8 Å². The van der Waals surface area contributed by atoms with Crippen molar-refractivity contribution in [1.82, 2.24) is 0 Å². The van der Waals surface area contributed by atoms with E-state index in [0.717, 1.165) is 76.4 Å². The predicted molar refractivity (Wildman–Crippen MR) is 239 cm³/mol. The zero-order chi connectivity index (χ0) is 48.9. The van der Waals surface area contributed by atoms with E-state index in [2.05, 4.69) is 33.1 Å². The molecule has 0 saturated heterocycles. The first-order valence-electron chi connectivity index (χ1n) is 22.7. The van der Waals surface area contributed by atoms with Gasteiger partial charge in [0, 0.05) is 12.8 Å². The van der Waals surface area contributed by atoms with E-state index in [4.69, 9.17) is 18.5 Å². The fourth-order valence-electron chi connectivity index (χ4n) is 7.18. The number of phosphoric acid groups is 4. The van der Waals surface area contributed by atoms with Crippen LogP contribution in [0.1, 0.15) is 167 Å². The molecule has 0 aromatic carbocycles. The Labute approximate surface area is 388 Å². The molecule has 27 heteroatoms. The molecular weight excluding hydrogens is 964 g/mol. The molecule has 0 amide bonds. The molecule has 1 aliphatic rings. The highest BCUT2D eigenvalue weighted by molar-refractivity contribution is 7.80. The van der Waals surface area contributed by atoms with Gasteiger partial charge in [-0.1, -0.05) is 135 Å². The number of phosphoric ester groups is 4. The summed E-state index contributed by atoms with van der Waals surface area (Å²) in [6.45, 7) is 0.546. The molecule has 0 bridgehead atoms. The van der Waals surface area contributed by atoms with Crippen LogP contribution < -0.4 is 0 Å². The summed E-state index contributed by atoms with van der Waals surface area (Å²) in [4.78, 5) is 92.6. The molecule has 65 heavy (non-hydrogen) atoms. The Hall–Kier alpha value is -0.350. The van der Waals surface area contributed by atoms with Crippen molar-refractivity contribution in [3.8, 4) is 0 Å². The van der Waals surface area contributed by atoms with Gasteiger partial charge in [-0.05, 0) is 25.0 Å². The van der Waals surface area contributed by atoms with Crippen LogP contribution in [0.3, 0.4) is 0 Å². The number of carbonyl (C=O) groups is 2. The molecule has 9 N–H and O–H groups in total. The molecule has 1 fully saturated rings. The molecule has 0 spiro atoms. The molecule has 0 aromatic rings. The summed E-state index contributed by atoms with van der Waals surface area (Å²) in [7, 11) is -23.0. The van der Waals surface area contributed by atoms with Gasteiger partial charge in [-0.3, -0.25) is 32.2 Å². The predicted octanol–water partition coefficient (Wildman–Crippen LogP) is 6.81. The summed E-state index contributed by atoms with van der Waals surface area (Å²) in [5, 5.41) is 21.8. The monoisotopic (exact) mass is 1040 g/mol. The lowest BCUT2D eigenvalue weighted by Crippen LogP contribution is -2.65. The molecule has 8 atom stereocenters. The molecule has 386 valence electrons. The first kappa shape index (κ1) is 62.7. The van der Waals surface area contributed by atoms with Gasteiger partial charge >= 0.3 is 43.2 Å². The van der Waals surface area contributed by atoms with Crippen molar-refractivity contribution in [3.63, 3.8) is 0 Å². The maximum atomic E-state index is 13.2. The smallest absolute Gasteiger partial charge is 0.462 e. The zero-order valence-electron chi connectivity index (χ0n) is 37.4. The topological polar surface area (TPSA) is 349 Å². The quantitative estimate of drug-likeness (QED) is 0.0130. The first-order chi connectivity index (χ1) is 30.5. The molecule has 4 unspecified atom stereocenters. The Morgan fingerprint density at radius 3 is 1.22 bits per heavy atom. The number of esters is 2. The summed E-state index contributed by atoms with van der Waals surface area (Å²) < 4.78 is 81.9. The third-order valence-corrected chi connectivity index (χ3v) is 13.3. The summed E-state index contributed by atoms with van der Waals surface area (Å²) in [6.07, 6.45) is 6.08. The zero-order valence-corrected chi connectivity index (χ0v) is 41.9. The van der Waals surface area contributed by atoms with Crippen molar-refractivity contribution >= 4 is 55.9 Å². The van der Waals surface area contributed by atoms with Gasteiger partial charge in [0.25, 0.3) is 0 Å². The van der Waals surface area contributed by atoms with Crippen molar-refractivity contribution in [3.05, 3.63) is 0 Å². The van der Waals surface area contributed by atoms with Crippen molar-refractivity contribution < 1.29 is 104 Å². The van der Waals surface area contributed by atoms with Crippen LogP contribution in [0.4, 0.5) is 0 Å². The van der Waals surface area contributed by atoms with Crippen molar-refractivity contribution in [2.75, 3.05) is 19.0 Å². The van der Waals surface area contributed by atoms with Crippen LogP contribution in [-0.4, -0.2) is 118 Å². The molecule has 1 rings (SSSR count). The lowest BCUT2D eigenvalue weighted by molar-refractivity contribution is -0.209. The number of rotatable bonds is 40. The standard InChI is InChI=1S/C38H76O22P4S/c1-2-3-4-5-6-7-8-9-10-14-17-20-23-26-32(40)56-30(28-54-31(39)25-22-19-16-13-11-12-15-18-21-24-27-65)29-55-64(52,53)60-35-33(41)36(57-61(43,44)45)38(59-63(49,50)51)37(34(35)42)58-62(46,47)48/h30,33-38,41-42,65H,2-29H2,1H3,(H,52,53)(H2,43,44,45)(H2,46,47,48)(H2,49,50,51)/t30-,33-,34?,35?,36-,37+,38?/m1/s1. The van der Waals surface area contributed by atoms with Gasteiger partial charge < -0.3 is 53.9 Å². The fraction of sp³-hybridized carbons (Fsp3) is 0.947. The molecular formula is C38H76O22P4S. The van der Waals surface area contributed by atoms with Crippen LogP contribution in [0.2, 0.25) is 0 Å². The first-order valence-corrected chi connectivity index (χ1v) is 29.4. The Balaban J connectivity index is 2.94. The van der Waals surface area contributed by atoms with Crippen LogP contribution >= 0.6 is 43.9 Å². The third-order valence-electron chi connectivity index (χ3n) is 10.5. The van der Waals surface area contributed by atoms with Crippen LogP contribution in [0.5, 0.6) is 0 Å². The Bertz CT molecular complexity index is 1460. The van der Waals surface area contributed by atoms with Gasteiger partial charge in [-0.25, -0.2) is 18.3 Å². The number of hydrogen-bond acceptors (Lipinski definition) is 16. The van der Waals surface area contributed by atoms with E-state index in [1.54, 1.807) is 0 Å². The summed E-state index contributed by atoms with van der Waals surface area (Å²) in [5.41, 5.74) is 0. The highest BCUT2D eigenvalue weighted by Crippen LogP contribution is 2.53. The van der Waals surface area contributed by atoms with Gasteiger partial charge in [-0.2, -0.15) is 12.6 Å². The second-order valence-corrected chi connectivity index (χ2v) is 21.7. The van der Waals surface area contributed by atoms with Gasteiger partial charge in [0.1, 0.15) is 43.2 Å². The fourth-order valence-corrected chi connectivity index (χ4v) is 10.1. The van der Waals surface area contributed by atoms with Gasteiger partial charge in [0.05, 0.1) is 6.61 Å². The molecule has 0 aromatic heterocycles. The average Bonchev–Trinajstić information content (AvgIpc) is 3.20. The molecule has 0 aliphatic heterocycles. The number of aliphatic hydroxyl groups is 2. The SMILES string of the molecule is CCCCCCCCCCCCCCCC(=O)O[C@H](COC(=O)CCCCCCCCCCCCS)COP(=O)(O)OC1C(O)[C@H](OP(=O)(O)O)C(OP(=O)(O)O)[C@H](OP(=O)(O)O)[C@@H]1O. The summed E-state index contributed by atoms with van der Waals surface area (Å²) in [6, 6.07) is 0. The maximum absolute atomic E-state index is 13.2. The van der Waals surface area contributed by atoms with Crippen LogP contribution in [0.25, 0.3) is 0 Å². The van der Waals surface area contributed by atoms with E-state index in [1.807, 2.05) is 0 Å². The lowest BCUT2D eigenvalue weighted by Gasteiger charge is -2.45. The number of aliphatic hydroxyl groups excluding tert-OH is 2. The minimum atomic E-state index is -5.78. The maximum Gasteiger partial charge on any atom is 0.472 e. The lowest BCUT2D eigenvalue weighted by atomic mass is 9.85. The molecule has 1 saturated carbocycles. The van der Waals surface area contributed by atoms with Gasteiger partial charge in [0.2, 0.25) is 0 Å². The minimum absolute atomic E-state index is 0.0334. The van der Waals surface area contributed by atoms with E-state index < -0.39 is 99.2 Å². The second-order valence-electron chi connectivity index (χ2n) is 16.3. The normalized spacial score (nSPS) is 22.1. The van der Waals surface area contributed by atoms with Crippen molar-refractivity contribution in [1.29, 1.82) is 0 Å². The Morgan fingerprint density at radius 1 is 0.477 bits per heavy atom. The summed E-state index contributed by atoms with van der Waals surface area (Å²) >= 11 is 4.22. The molecule has 0 radical (unpaired) electrons. The van der Waals surface area contributed by atoms with Crippen molar-refractivity contribution in [2.24, 2.45) is 0 Å². The molecule has 22 nitrogen and oxygen atoms in total. The van der Waals surface area contributed by atoms with Crippen LogP contribution in [0, 0.1) is 0 Å². The minimum Gasteiger partial charge on any atom is -0.462 e. The Morgan fingerprint density at radius 2 is 0.831 bits per heavy atom. The number of unbranched alkanes of at least 4 members (excludes halogenated alkanes) is 21. The number of thiol groups is 1. The number of carbonyl (C=O) groups excluding carboxylic acids is 2.